The lowest BCUT2D eigenvalue weighted by molar-refractivity contribution is -0.117. The number of nitrogens with zero attached hydrogens (tertiary/aromatic N) is 2. The molecule has 0 atom stereocenters. The van der Waals surface area contributed by atoms with Crippen LogP contribution in [0.3, 0.4) is 0 Å². The molecule has 1 fully saturated rings. The molecule has 1 N–H and O–H groups in total. The fourth-order valence-corrected chi connectivity index (χ4v) is 3.63. The third-order valence-electron chi connectivity index (χ3n) is 4.19. The van der Waals surface area contributed by atoms with Gasteiger partial charge in [0.25, 0.3) is 5.56 Å². The van der Waals surface area contributed by atoms with Crippen LogP contribution in [0.15, 0.2) is 40.5 Å². The van der Waals surface area contributed by atoms with Gasteiger partial charge in [-0.2, -0.15) is 0 Å². The Balaban J connectivity index is 1.44. The largest absolute Gasteiger partial charge is 0.454 e. The number of nitrogens with one attached hydrogen (secondary N) is 1. The second-order valence-electron chi connectivity index (χ2n) is 5.92. The molecule has 0 unspecified atom stereocenters. The minimum absolute atomic E-state index is 0.0965. The molecule has 132 valence electrons. The molecule has 1 saturated heterocycles. The topological polar surface area (TPSA) is 92.4 Å². The highest BCUT2D eigenvalue weighted by atomic mass is 32.1. The summed E-state index contributed by atoms with van der Waals surface area (Å²) in [6.07, 6.45) is 1.41. The van der Waals surface area contributed by atoms with E-state index in [0.717, 1.165) is 12.1 Å². The van der Waals surface area contributed by atoms with E-state index in [1.54, 1.807) is 40.6 Å². The van der Waals surface area contributed by atoms with Crippen molar-refractivity contribution in [3.05, 3.63) is 57.5 Å². The smallest absolute Gasteiger partial charge is 0.338 e. The van der Waals surface area contributed by atoms with Crippen molar-refractivity contribution in [2.24, 2.45) is 0 Å². The summed E-state index contributed by atoms with van der Waals surface area (Å²) < 4.78 is 5.78. The molecular formula is C18H15N3O4S. The Labute approximate surface area is 152 Å². The first-order valence-corrected chi connectivity index (χ1v) is 9.04. The molecule has 4 rings (SSSR count). The molecule has 8 heteroatoms. The van der Waals surface area contributed by atoms with Gasteiger partial charge < -0.3 is 14.6 Å². The number of aromatic amines is 1. The molecule has 3 heterocycles. The second kappa shape index (κ2) is 6.72. The number of aromatic nitrogens is 2. The molecule has 1 amide bonds. The lowest BCUT2D eigenvalue weighted by Crippen LogP contribution is -2.23. The van der Waals surface area contributed by atoms with Crippen molar-refractivity contribution in [2.75, 3.05) is 11.4 Å². The molecule has 1 aromatic carbocycles. The van der Waals surface area contributed by atoms with Crippen LogP contribution in [0, 0.1) is 0 Å². The summed E-state index contributed by atoms with van der Waals surface area (Å²) in [4.78, 5) is 44.4. The van der Waals surface area contributed by atoms with Gasteiger partial charge in [0.1, 0.15) is 17.1 Å². The molecule has 1 aliphatic heterocycles. The Morgan fingerprint density at radius 3 is 2.77 bits per heavy atom. The highest BCUT2D eigenvalue weighted by Gasteiger charge is 2.21. The Morgan fingerprint density at radius 2 is 2.04 bits per heavy atom. The van der Waals surface area contributed by atoms with Crippen molar-refractivity contribution in [2.45, 2.75) is 19.4 Å². The Kier molecular flexibility index (Phi) is 4.26. The van der Waals surface area contributed by atoms with Crippen molar-refractivity contribution in [1.29, 1.82) is 0 Å². The average Bonchev–Trinajstić information content (AvgIpc) is 3.29. The van der Waals surface area contributed by atoms with Gasteiger partial charge in [0, 0.05) is 18.7 Å². The maximum absolute atomic E-state index is 12.2. The molecule has 1 aliphatic rings. The fraction of sp³-hybridized carbons (Fsp3) is 0.222. The van der Waals surface area contributed by atoms with E-state index >= 15 is 0 Å². The van der Waals surface area contributed by atoms with E-state index in [9.17, 15) is 14.4 Å². The monoisotopic (exact) mass is 369 g/mol. The molecule has 0 radical (unpaired) electrons. The van der Waals surface area contributed by atoms with E-state index in [2.05, 4.69) is 9.97 Å². The van der Waals surface area contributed by atoms with E-state index < -0.39 is 5.97 Å². The van der Waals surface area contributed by atoms with Crippen LogP contribution >= 0.6 is 11.3 Å². The van der Waals surface area contributed by atoms with Crippen molar-refractivity contribution < 1.29 is 14.3 Å². The Morgan fingerprint density at radius 1 is 1.23 bits per heavy atom. The van der Waals surface area contributed by atoms with E-state index in [1.165, 1.54) is 11.3 Å². The normalized spacial score (nSPS) is 14.2. The highest BCUT2D eigenvalue weighted by molar-refractivity contribution is 7.17. The third-order valence-corrected chi connectivity index (χ3v) is 5.09. The van der Waals surface area contributed by atoms with Gasteiger partial charge in [-0.3, -0.25) is 9.59 Å². The number of hydrogen-bond donors (Lipinski definition) is 1. The number of ether oxygens (including phenoxy) is 1. The maximum atomic E-state index is 12.2. The first kappa shape index (κ1) is 16.5. The van der Waals surface area contributed by atoms with Gasteiger partial charge in [-0.1, -0.05) is 0 Å². The number of hydrogen-bond acceptors (Lipinski definition) is 6. The van der Waals surface area contributed by atoms with Crippen LogP contribution < -0.4 is 10.5 Å². The van der Waals surface area contributed by atoms with Crippen LogP contribution in [0.4, 0.5) is 5.69 Å². The number of anilines is 1. The summed E-state index contributed by atoms with van der Waals surface area (Å²) in [5, 5.41) is 1.79. The van der Waals surface area contributed by atoms with Crippen LogP contribution in [0.2, 0.25) is 0 Å². The maximum Gasteiger partial charge on any atom is 0.338 e. The van der Waals surface area contributed by atoms with Gasteiger partial charge in [-0.05, 0) is 42.1 Å². The fourth-order valence-electron chi connectivity index (χ4n) is 2.91. The van der Waals surface area contributed by atoms with Crippen LogP contribution in [0.5, 0.6) is 0 Å². The number of carbonyl (C=O) groups excluding carboxylic acids is 2. The molecule has 0 saturated carbocycles. The predicted octanol–water partition coefficient (Wildman–Crippen LogP) is 2.47. The van der Waals surface area contributed by atoms with Crippen molar-refractivity contribution >= 4 is 39.1 Å². The van der Waals surface area contributed by atoms with Crippen molar-refractivity contribution in [1.82, 2.24) is 9.97 Å². The Bertz CT molecular complexity index is 1040. The van der Waals surface area contributed by atoms with Gasteiger partial charge in [-0.25, -0.2) is 9.78 Å². The van der Waals surface area contributed by atoms with Gasteiger partial charge in [-0.15, -0.1) is 11.3 Å². The zero-order chi connectivity index (χ0) is 18.1. The number of fused-ring (bicyclic) bond motifs is 1. The molecule has 3 aromatic rings. The Hall–Kier alpha value is -3.00. The highest BCUT2D eigenvalue weighted by Crippen LogP contribution is 2.22. The molecule has 7 nitrogen and oxygen atoms in total. The first-order chi connectivity index (χ1) is 12.6. The van der Waals surface area contributed by atoms with Crippen LogP contribution in [0.25, 0.3) is 10.2 Å². The molecule has 0 spiro atoms. The SMILES string of the molecule is O=C(OCc1nc2ccsc2c(=O)[nH]1)c1ccc(N2CCCC2=O)cc1. The summed E-state index contributed by atoms with van der Waals surface area (Å²) >= 11 is 1.31. The number of H-pyrrole nitrogens is 1. The average molecular weight is 369 g/mol. The molecule has 26 heavy (non-hydrogen) atoms. The third kappa shape index (κ3) is 3.11. The molecule has 0 bridgehead atoms. The second-order valence-corrected chi connectivity index (χ2v) is 6.84. The minimum atomic E-state index is -0.516. The first-order valence-electron chi connectivity index (χ1n) is 8.16. The van der Waals surface area contributed by atoms with Crippen LogP contribution in [-0.4, -0.2) is 28.4 Å². The van der Waals surface area contributed by atoms with Gasteiger partial charge >= 0.3 is 5.97 Å². The number of amides is 1. The summed E-state index contributed by atoms with van der Waals surface area (Å²) in [6.45, 7) is 0.582. The van der Waals surface area contributed by atoms with Gasteiger partial charge in [0.2, 0.25) is 5.91 Å². The van der Waals surface area contributed by atoms with E-state index in [1.807, 2.05) is 0 Å². The van der Waals surface area contributed by atoms with Crippen LogP contribution in [-0.2, 0) is 16.1 Å². The zero-order valence-electron chi connectivity index (χ0n) is 13.7. The van der Waals surface area contributed by atoms with E-state index in [0.29, 0.717) is 34.6 Å². The summed E-state index contributed by atoms with van der Waals surface area (Å²) in [5.74, 6) is -0.120. The molecular weight excluding hydrogens is 354 g/mol. The number of rotatable bonds is 4. The van der Waals surface area contributed by atoms with Gasteiger partial charge in [0.05, 0.1) is 11.1 Å². The van der Waals surface area contributed by atoms with Gasteiger partial charge in [0.15, 0.2) is 0 Å². The van der Waals surface area contributed by atoms with Crippen LogP contribution in [0.1, 0.15) is 29.0 Å². The quantitative estimate of drug-likeness (QED) is 0.713. The zero-order valence-corrected chi connectivity index (χ0v) is 14.5. The number of benzene rings is 1. The molecule has 0 aliphatic carbocycles. The van der Waals surface area contributed by atoms with Crippen molar-refractivity contribution in [3.8, 4) is 0 Å². The predicted molar refractivity (Wildman–Crippen MR) is 97.4 cm³/mol. The number of thiophene rings is 1. The summed E-state index contributed by atoms with van der Waals surface area (Å²) in [6, 6.07) is 8.47. The minimum Gasteiger partial charge on any atom is -0.454 e. The number of carbonyl (C=O) groups is 2. The summed E-state index contributed by atoms with van der Waals surface area (Å²) in [5.41, 5.74) is 1.50. The van der Waals surface area contributed by atoms with Crippen molar-refractivity contribution in [3.63, 3.8) is 0 Å². The van der Waals surface area contributed by atoms with E-state index in [-0.39, 0.29) is 18.1 Å². The lowest BCUT2D eigenvalue weighted by atomic mass is 10.2. The standard InChI is InChI=1S/C18H15N3O4S/c22-15-2-1-8-21(15)12-5-3-11(4-6-12)18(24)25-10-14-19-13-7-9-26-16(13)17(23)20-14/h3-7,9H,1-2,8,10H2,(H,19,20,23). The number of esters is 1. The summed E-state index contributed by atoms with van der Waals surface area (Å²) in [7, 11) is 0. The van der Waals surface area contributed by atoms with E-state index in [4.69, 9.17) is 4.74 Å². The lowest BCUT2D eigenvalue weighted by Gasteiger charge is -2.15. The molecule has 2 aromatic heterocycles.